The molecule has 0 amide bonds. The summed E-state index contributed by atoms with van der Waals surface area (Å²) in [6.45, 7) is 3.15. The summed E-state index contributed by atoms with van der Waals surface area (Å²) >= 11 is 1.85. The molecule has 0 N–H and O–H groups in total. The molecule has 0 atom stereocenters. The summed E-state index contributed by atoms with van der Waals surface area (Å²) < 4.78 is 5.68. The average molecular weight is 160 g/mol. The minimum Gasteiger partial charge on any atom is -0.374 e. The second kappa shape index (κ2) is 3.63. The molecule has 0 saturated heterocycles. The molecule has 1 fully saturated rings. The molecule has 0 bridgehead atoms. The molecule has 10 heavy (non-hydrogen) atoms. The van der Waals surface area contributed by atoms with Crippen LogP contribution in [-0.2, 0) is 4.74 Å². The fourth-order valence-electron chi connectivity index (χ4n) is 1.19. The SMILES string of the molecule is CSCCOC1(C)CCC1. The van der Waals surface area contributed by atoms with Crippen LogP contribution in [0.3, 0.4) is 0 Å². The van der Waals surface area contributed by atoms with Crippen molar-refractivity contribution in [2.24, 2.45) is 0 Å². The van der Waals surface area contributed by atoms with Crippen LogP contribution in [0.15, 0.2) is 0 Å². The molecule has 0 spiro atoms. The van der Waals surface area contributed by atoms with Crippen LogP contribution in [0.5, 0.6) is 0 Å². The Bertz CT molecular complexity index is 99.4. The number of hydrogen-bond donors (Lipinski definition) is 0. The lowest BCUT2D eigenvalue weighted by Crippen LogP contribution is -2.37. The first kappa shape index (κ1) is 8.41. The number of rotatable bonds is 4. The maximum absolute atomic E-state index is 5.68. The molecule has 60 valence electrons. The largest absolute Gasteiger partial charge is 0.374 e. The highest BCUT2D eigenvalue weighted by Crippen LogP contribution is 2.34. The van der Waals surface area contributed by atoms with E-state index < -0.39 is 0 Å². The third-order valence-corrected chi connectivity index (χ3v) is 2.72. The molecule has 0 aromatic heterocycles. The molecule has 1 rings (SSSR count). The van der Waals surface area contributed by atoms with Crippen LogP contribution in [0, 0.1) is 0 Å². The molecule has 0 heterocycles. The van der Waals surface area contributed by atoms with Gasteiger partial charge in [0.1, 0.15) is 0 Å². The predicted molar refractivity (Wildman–Crippen MR) is 46.6 cm³/mol. The first-order chi connectivity index (χ1) is 4.77. The van der Waals surface area contributed by atoms with Crippen molar-refractivity contribution in [1.29, 1.82) is 0 Å². The van der Waals surface area contributed by atoms with E-state index >= 15 is 0 Å². The number of thioether (sulfide) groups is 1. The molecular weight excluding hydrogens is 144 g/mol. The molecule has 1 aliphatic carbocycles. The van der Waals surface area contributed by atoms with Gasteiger partial charge in [0.25, 0.3) is 0 Å². The monoisotopic (exact) mass is 160 g/mol. The van der Waals surface area contributed by atoms with Crippen molar-refractivity contribution in [1.82, 2.24) is 0 Å². The van der Waals surface area contributed by atoms with E-state index in [0.29, 0.717) is 0 Å². The highest BCUT2D eigenvalue weighted by Gasteiger charge is 2.32. The van der Waals surface area contributed by atoms with Crippen molar-refractivity contribution in [3.8, 4) is 0 Å². The highest BCUT2D eigenvalue weighted by atomic mass is 32.2. The smallest absolute Gasteiger partial charge is 0.0655 e. The minimum atomic E-state index is 0.260. The molecule has 0 aromatic carbocycles. The van der Waals surface area contributed by atoms with Crippen LogP contribution >= 0.6 is 11.8 Å². The highest BCUT2D eigenvalue weighted by molar-refractivity contribution is 7.98. The van der Waals surface area contributed by atoms with Gasteiger partial charge in [-0.2, -0.15) is 11.8 Å². The van der Waals surface area contributed by atoms with Crippen molar-refractivity contribution in [3.05, 3.63) is 0 Å². The fraction of sp³-hybridized carbons (Fsp3) is 1.00. The van der Waals surface area contributed by atoms with E-state index in [-0.39, 0.29) is 5.60 Å². The second-order valence-electron chi connectivity index (χ2n) is 3.14. The molecule has 1 saturated carbocycles. The quantitative estimate of drug-likeness (QED) is 0.584. The lowest BCUT2D eigenvalue weighted by Gasteiger charge is -2.38. The summed E-state index contributed by atoms with van der Waals surface area (Å²) in [5, 5.41) is 0. The Hall–Kier alpha value is 0.310. The Morgan fingerprint density at radius 2 is 2.20 bits per heavy atom. The molecule has 0 unspecified atom stereocenters. The van der Waals surface area contributed by atoms with Gasteiger partial charge >= 0.3 is 0 Å². The Balaban J connectivity index is 2.01. The lowest BCUT2D eigenvalue weighted by molar-refractivity contribution is -0.0786. The molecule has 1 nitrogen and oxygen atoms in total. The van der Waals surface area contributed by atoms with Gasteiger partial charge in [-0.15, -0.1) is 0 Å². The zero-order valence-corrected chi connectivity index (χ0v) is 7.67. The predicted octanol–water partition coefficient (Wildman–Crippen LogP) is 2.31. The third-order valence-electron chi connectivity index (χ3n) is 2.15. The molecular formula is C8H16OS. The lowest BCUT2D eigenvalue weighted by atomic mass is 9.82. The Labute approximate surface area is 67.5 Å². The van der Waals surface area contributed by atoms with E-state index in [1.165, 1.54) is 19.3 Å². The summed E-state index contributed by atoms with van der Waals surface area (Å²) in [5.41, 5.74) is 0.260. The van der Waals surface area contributed by atoms with E-state index in [4.69, 9.17) is 4.74 Å². The number of ether oxygens (including phenoxy) is 1. The van der Waals surface area contributed by atoms with Gasteiger partial charge < -0.3 is 4.74 Å². The van der Waals surface area contributed by atoms with Gasteiger partial charge in [0, 0.05) is 5.75 Å². The summed E-state index contributed by atoms with van der Waals surface area (Å²) in [5.74, 6) is 1.13. The average Bonchev–Trinajstić information content (AvgIpc) is 1.85. The Kier molecular flexibility index (Phi) is 3.05. The fourth-order valence-corrected chi connectivity index (χ4v) is 1.44. The van der Waals surface area contributed by atoms with Crippen LogP contribution < -0.4 is 0 Å². The molecule has 1 aliphatic rings. The van der Waals surface area contributed by atoms with E-state index in [9.17, 15) is 0 Å². The van der Waals surface area contributed by atoms with Gasteiger partial charge in [0.2, 0.25) is 0 Å². The van der Waals surface area contributed by atoms with Crippen molar-refractivity contribution in [3.63, 3.8) is 0 Å². The molecule has 0 radical (unpaired) electrons. The van der Waals surface area contributed by atoms with E-state index in [1.807, 2.05) is 11.8 Å². The third kappa shape index (κ3) is 2.17. The van der Waals surface area contributed by atoms with Crippen molar-refractivity contribution in [2.45, 2.75) is 31.8 Å². The van der Waals surface area contributed by atoms with Gasteiger partial charge in [-0.3, -0.25) is 0 Å². The van der Waals surface area contributed by atoms with Crippen LogP contribution in [0.25, 0.3) is 0 Å². The molecule has 0 aromatic rings. The topological polar surface area (TPSA) is 9.23 Å². The normalized spacial score (nSPS) is 22.2. The first-order valence-corrected chi connectivity index (χ1v) is 5.29. The van der Waals surface area contributed by atoms with E-state index in [0.717, 1.165) is 12.4 Å². The standard InChI is InChI=1S/C8H16OS/c1-8(4-3-5-8)9-6-7-10-2/h3-7H2,1-2H3. The van der Waals surface area contributed by atoms with E-state index in [2.05, 4.69) is 13.2 Å². The maximum atomic E-state index is 5.68. The van der Waals surface area contributed by atoms with Crippen molar-refractivity contribution in [2.75, 3.05) is 18.6 Å². The zero-order chi connectivity index (χ0) is 7.45. The summed E-state index contributed by atoms with van der Waals surface area (Å²) in [6.07, 6.45) is 6.00. The van der Waals surface area contributed by atoms with E-state index in [1.54, 1.807) is 0 Å². The van der Waals surface area contributed by atoms with Crippen LogP contribution in [0.2, 0.25) is 0 Å². The van der Waals surface area contributed by atoms with Crippen LogP contribution in [0.1, 0.15) is 26.2 Å². The Morgan fingerprint density at radius 1 is 1.50 bits per heavy atom. The number of hydrogen-bond acceptors (Lipinski definition) is 2. The van der Waals surface area contributed by atoms with Gasteiger partial charge in [-0.1, -0.05) is 0 Å². The van der Waals surface area contributed by atoms with Gasteiger partial charge in [0.05, 0.1) is 12.2 Å². The Morgan fingerprint density at radius 3 is 2.60 bits per heavy atom. The minimum absolute atomic E-state index is 0.260. The van der Waals surface area contributed by atoms with Gasteiger partial charge in [-0.25, -0.2) is 0 Å². The van der Waals surface area contributed by atoms with Crippen molar-refractivity contribution >= 4 is 11.8 Å². The van der Waals surface area contributed by atoms with Crippen molar-refractivity contribution < 1.29 is 4.74 Å². The van der Waals surface area contributed by atoms with Crippen LogP contribution in [-0.4, -0.2) is 24.2 Å². The van der Waals surface area contributed by atoms with Crippen LogP contribution in [0.4, 0.5) is 0 Å². The maximum Gasteiger partial charge on any atom is 0.0655 e. The summed E-state index contributed by atoms with van der Waals surface area (Å²) in [7, 11) is 0. The van der Waals surface area contributed by atoms with Gasteiger partial charge in [-0.05, 0) is 32.4 Å². The zero-order valence-electron chi connectivity index (χ0n) is 6.85. The second-order valence-corrected chi connectivity index (χ2v) is 4.13. The van der Waals surface area contributed by atoms with Gasteiger partial charge in [0.15, 0.2) is 0 Å². The first-order valence-electron chi connectivity index (χ1n) is 3.90. The molecule has 0 aliphatic heterocycles. The summed E-state index contributed by atoms with van der Waals surface area (Å²) in [4.78, 5) is 0. The molecule has 2 heteroatoms. The summed E-state index contributed by atoms with van der Waals surface area (Å²) in [6, 6.07) is 0.